The van der Waals surface area contributed by atoms with Gasteiger partial charge in [-0.3, -0.25) is 4.79 Å². The van der Waals surface area contributed by atoms with Crippen LogP contribution in [-0.4, -0.2) is 44.5 Å². The minimum absolute atomic E-state index is 0.161. The molecule has 126 valence electrons. The molecule has 0 aromatic heterocycles. The van der Waals surface area contributed by atoms with E-state index in [1.165, 1.54) is 24.8 Å². The van der Waals surface area contributed by atoms with Crippen molar-refractivity contribution in [2.24, 2.45) is 11.3 Å². The van der Waals surface area contributed by atoms with Crippen molar-refractivity contribution in [1.82, 2.24) is 15.5 Å². The average molecular weight is 315 g/mol. The van der Waals surface area contributed by atoms with Gasteiger partial charge in [-0.15, -0.1) is 0 Å². The molecule has 1 aromatic rings. The van der Waals surface area contributed by atoms with Crippen molar-refractivity contribution < 1.29 is 4.79 Å². The summed E-state index contributed by atoms with van der Waals surface area (Å²) in [5, 5.41) is 6.73. The summed E-state index contributed by atoms with van der Waals surface area (Å²) < 4.78 is 0. The molecule has 1 aliphatic carbocycles. The zero-order chi connectivity index (χ0) is 16.3. The molecule has 2 aliphatic rings. The largest absolute Gasteiger partial charge is 0.354 e. The molecule has 0 bridgehead atoms. The maximum atomic E-state index is 13.0. The molecule has 1 aromatic carbocycles. The summed E-state index contributed by atoms with van der Waals surface area (Å²) in [6.45, 7) is 2.52. The fraction of sp³-hybridized carbons (Fsp3) is 0.632. The Morgan fingerprint density at radius 3 is 2.87 bits per heavy atom. The van der Waals surface area contributed by atoms with Crippen molar-refractivity contribution in [2.75, 3.05) is 33.7 Å². The lowest BCUT2D eigenvalue weighted by molar-refractivity contribution is -0.134. The summed E-state index contributed by atoms with van der Waals surface area (Å²) in [5.74, 6) is 0.778. The number of hydrogen-bond donors (Lipinski definition) is 2. The quantitative estimate of drug-likeness (QED) is 0.875. The maximum Gasteiger partial charge on any atom is 0.227 e. The van der Waals surface area contributed by atoms with E-state index in [-0.39, 0.29) is 17.4 Å². The van der Waals surface area contributed by atoms with Gasteiger partial charge in [0, 0.05) is 13.1 Å². The van der Waals surface area contributed by atoms with Gasteiger partial charge >= 0.3 is 0 Å². The Hall–Kier alpha value is -1.39. The Morgan fingerprint density at radius 2 is 2.13 bits per heavy atom. The highest BCUT2D eigenvalue weighted by atomic mass is 16.2. The van der Waals surface area contributed by atoms with Crippen LogP contribution in [0, 0.1) is 11.3 Å². The van der Waals surface area contributed by atoms with Crippen molar-refractivity contribution in [2.45, 2.75) is 31.7 Å². The molecule has 1 aliphatic heterocycles. The number of amides is 1. The highest BCUT2D eigenvalue weighted by molar-refractivity contribution is 5.84. The van der Waals surface area contributed by atoms with Gasteiger partial charge in [0.2, 0.25) is 5.91 Å². The van der Waals surface area contributed by atoms with Gasteiger partial charge < -0.3 is 15.5 Å². The fourth-order valence-corrected chi connectivity index (χ4v) is 4.33. The number of hydrogen-bond acceptors (Lipinski definition) is 3. The standard InChI is InChI=1S/C19H29N3O/c1-22(2)17(15-8-4-3-5-9-15)13-21-18(23)19-11-7-6-10-16(19)12-20-14-19/h3-5,8-9,16-17,20H,6-7,10-14H2,1-2H3,(H,21,23)/t16-,17?,19+/m0/s1. The van der Waals surface area contributed by atoms with E-state index in [9.17, 15) is 4.79 Å². The summed E-state index contributed by atoms with van der Waals surface area (Å²) in [6.07, 6.45) is 4.68. The number of likely N-dealkylation sites (N-methyl/N-ethyl adjacent to an activating group) is 1. The SMILES string of the molecule is CN(C)C(CNC(=O)[C@@]12CCCC[C@H]1CNC2)c1ccccc1. The molecule has 1 heterocycles. The first kappa shape index (κ1) is 16.5. The Kier molecular flexibility index (Phi) is 5.02. The number of nitrogens with one attached hydrogen (secondary N) is 2. The molecule has 3 atom stereocenters. The molecule has 4 heteroatoms. The minimum atomic E-state index is -0.161. The van der Waals surface area contributed by atoms with E-state index in [0.29, 0.717) is 12.5 Å². The molecule has 1 unspecified atom stereocenters. The third-order valence-corrected chi connectivity index (χ3v) is 5.75. The van der Waals surface area contributed by atoms with Gasteiger partial charge in [0.1, 0.15) is 0 Å². The summed E-state index contributed by atoms with van der Waals surface area (Å²) in [7, 11) is 4.14. The molecule has 1 saturated carbocycles. The highest BCUT2D eigenvalue weighted by Gasteiger charge is 2.49. The monoisotopic (exact) mass is 315 g/mol. The molecule has 3 rings (SSSR count). The predicted octanol–water partition coefficient (Wildman–Crippen LogP) is 2.19. The second-order valence-electron chi connectivity index (χ2n) is 7.33. The van der Waals surface area contributed by atoms with Crippen LogP contribution in [-0.2, 0) is 4.79 Å². The van der Waals surface area contributed by atoms with Crippen LogP contribution < -0.4 is 10.6 Å². The van der Waals surface area contributed by atoms with Crippen molar-refractivity contribution in [3.63, 3.8) is 0 Å². The molecule has 2 N–H and O–H groups in total. The Bertz CT molecular complexity index is 531. The molecular weight excluding hydrogens is 286 g/mol. The normalized spacial score (nSPS) is 28.4. The number of fused-ring (bicyclic) bond motifs is 1. The van der Waals surface area contributed by atoms with E-state index >= 15 is 0 Å². The lowest BCUT2D eigenvalue weighted by Crippen LogP contribution is -2.49. The van der Waals surface area contributed by atoms with Crippen molar-refractivity contribution in [1.29, 1.82) is 0 Å². The van der Waals surface area contributed by atoms with E-state index in [4.69, 9.17) is 0 Å². The number of carbonyl (C=O) groups excluding carboxylic acids is 1. The zero-order valence-electron chi connectivity index (χ0n) is 14.3. The summed E-state index contributed by atoms with van der Waals surface area (Å²) >= 11 is 0. The van der Waals surface area contributed by atoms with Crippen LogP contribution in [0.25, 0.3) is 0 Å². The molecule has 2 fully saturated rings. The fourth-order valence-electron chi connectivity index (χ4n) is 4.33. The smallest absolute Gasteiger partial charge is 0.227 e. The number of benzene rings is 1. The maximum absolute atomic E-state index is 13.0. The first-order valence-electron chi connectivity index (χ1n) is 8.84. The van der Waals surface area contributed by atoms with Gasteiger partial charge in [0.25, 0.3) is 0 Å². The van der Waals surface area contributed by atoms with Crippen LogP contribution in [0.4, 0.5) is 0 Å². The molecule has 1 saturated heterocycles. The molecule has 0 radical (unpaired) electrons. The van der Waals surface area contributed by atoms with E-state index in [2.05, 4.69) is 53.9 Å². The highest BCUT2D eigenvalue weighted by Crippen LogP contribution is 2.43. The number of carbonyl (C=O) groups is 1. The minimum Gasteiger partial charge on any atom is -0.354 e. The molecule has 1 amide bonds. The third-order valence-electron chi connectivity index (χ3n) is 5.75. The number of nitrogens with zero attached hydrogens (tertiary/aromatic N) is 1. The van der Waals surface area contributed by atoms with Crippen molar-refractivity contribution in [3.05, 3.63) is 35.9 Å². The number of rotatable bonds is 5. The lowest BCUT2D eigenvalue weighted by Gasteiger charge is -2.37. The van der Waals surface area contributed by atoms with Crippen LogP contribution in [0.1, 0.15) is 37.3 Å². The summed E-state index contributed by atoms with van der Waals surface area (Å²) in [4.78, 5) is 15.2. The van der Waals surface area contributed by atoms with E-state index in [1.807, 2.05) is 6.07 Å². The topological polar surface area (TPSA) is 44.4 Å². The first-order chi connectivity index (χ1) is 11.1. The first-order valence-corrected chi connectivity index (χ1v) is 8.84. The average Bonchev–Trinajstić information content (AvgIpc) is 3.01. The molecule has 4 nitrogen and oxygen atoms in total. The van der Waals surface area contributed by atoms with Gasteiger partial charge in [0.15, 0.2) is 0 Å². The zero-order valence-corrected chi connectivity index (χ0v) is 14.3. The van der Waals surface area contributed by atoms with Crippen LogP contribution in [0.3, 0.4) is 0 Å². The molecule has 0 spiro atoms. The van der Waals surface area contributed by atoms with Gasteiger partial charge in [-0.25, -0.2) is 0 Å². The predicted molar refractivity (Wildman–Crippen MR) is 93.1 cm³/mol. The van der Waals surface area contributed by atoms with E-state index in [1.54, 1.807) is 0 Å². The lowest BCUT2D eigenvalue weighted by atomic mass is 9.67. The third kappa shape index (κ3) is 3.29. The van der Waals surface area contributed by atoms with Crippen LogP contribution in [0.2, 0.25) is 0 Å². The van der Waals surface area contributed by atoms with Crippen LogP contribution in [0.15, 0.2) is 30.3 Å². The Labute approximate surface area is 139 Å². The van der Waals surface area contributed by atoms with Gasteiger partial charge in [-0.05, 0) is 45.0 Å². The van der Waals surface area contributed by atoms with Gasteiger partial charge in [-0.1, -0.05) is 43.2 Å². The van der Waals surface area contributed by atoms with Gasteiger partial charge in [-0.2, -0.15) is 0 Å². The van der Waals surface area contributed by atoms with Crippen LogP contribution >= 0.6 is 0 Å². The molecular formula is C19H29N3O. The summed E-state index contributed by atoms with van der Waals surface area (Å²) in [5.41, 5.74) is 1.09. The van der Waals surface area contributed by atoms with Crippen molar-refractivity contribution >= 4 is 5.91 Å². The van der Waals surface area contributed by atoms with Crippen molar-refractivity contribution in [3.8, 4) is 0 Å². The molecule has 23 heavy (non-hydrogen) atoms. The van der Waals surface area contributed by atoms with E-state index < -0.39 is 0 Å². The van der Waals surface area contributed by atoms with E-state index in [0.717, 1.165) is 19.5 Å². The summed E-state index contributed by atoms with van der Waals surface area (Å²) in [6, 6.07) is 10.6. The Balaban J connectivity index is 1.67. The second-order valence-corrected chi connectivity index (χ2v) is 7.33. The second kappa shape index (κ2) is 7.02. The van der Waals surface area contributed by atoms with Gasteiger partial charge in [0.05, 0.1) is 11.5 Å². The van der Waals surface area contributed by atoms with Crippen LogP contribution in [0.5, 0.6) is 0 Å². The Morgan fingerprint density at radius 1 is 1.35 bits per heavy atom.